The molecule has 2 atom stereocenters. The largest absolute Gasteiger partial charge is 0.459 e. The van der Waals surface area contributed by atoms with E-state index in [9.17, 15) is 0 Å². The van der Waals surface area contributed by atoms with Gasteiger partial charge in [-0.3, -0.25) is 0 Å². The molecule has 2 nitrogen and oxygen atoms in total. The summed E-state index contributed by atoms with van der Waals surface area (Å²) in [4.78, 5) is 0. The minimum atomic E-state index is 0.388. The van der Waals surface area contributed by atoms with Gasteiger partial charge in [-0.1, -0.05) is 68.5 Å². The number of allylic oxidation sites excluding steroid dienone is 1. The van der Waals surface area contributed by atoms with E-state index >= 15 is 0 Å². The zero-order chi connectivity index (χ0) is 19.7. The molecule has 0 saturated carbocycles. The summed E-state index contributed by atoms with van der Waals surface area (Å²) in [6.07, 6.45) is 4.52. The Morgan fingerprint density at radius 3 is 2.52 bits per heavy atom. The van der Waals surface area contributed by atoms with Crippen LogP contribution >= 0.6 is 0 Å². The van der Waals surface area contributed by atoms with Crippen LogP contribution in [0.5, 0.6) is 0 Å². The van der Waals surface area contributed by atoms with Crippen LogP contribution in [0.15, 0.2) is 69.5 Å². The third-order valence-corrected chi connectivity index (χ3v) is 6.56. The van der Waals surface area contributed by atoms with E-state index in [1.165, 1.54) is 10.9 Å². The van der Waals surface area contributed by atoms with Crippen LogP contribution in [0.1, 0.15) is 36.7 Å². The van der Waals surface area contributed by atoms with Crippen molar-refractivity contribution in [3.05, 3.63) is 77.6 Å². The second-order valence-corrected chi connectivity index (χ2v) is 8.33. The highest BCUT2D eigenvalue weighted by Gasteiger charge is 2.26. The average Bonchev–Trinajstić information content (AvgIpc) is 3.30. The van der Waals surface area contributed by atoms with Gasteiger partial charge >= 0.3 is 0 Å². The van der Waals surface area contributed by atoms with Gasteiger partial charge in [-0.15, -0.1) is 0 Å². The molecule has 0 saturated heterocycles. The number of hydrogen-bond donors (Lipinski definition) is 0. The molecule has 0 aliphatic heterocycles. The number of benzene rings is 3. The summed E-state index contributed by atoms with van der Waals surface area (Å²) < 4.78 is 12.6. The van der Waals surface area contributed by atoms with Crippen molar-refractivity contribution < 1.29 is 8.83 Å². The van der Waals surface area contributed by atoms with Crippen LogP contribution in [0.25, 0.3) is 50.1 Å². The van der Waals surface area contributed by atoms with Gasteiger partial charge in [0, 0.05) is 33.2 Å². The number of furan rings is 2. The Morgan fingerprint density at radius 2 is 1.62 bits per heavy atom. The molecule has 0 bridgehead atoms. The number of rotatable bonds is 1. The first-order valence-electron chi connectivity index (χ1n) is 10.3. The smallest absolute Gasteiger partial charge is 0.142 e. The average molecular weight is 378 g/mol. The lowest BCUT2D eigenvalue weighted by molar-refractivity contribution is 0.451. The standard InChI is InChI=1S/C27H22O2/c1-15-10-12-22-20-9-5-7-19(27(20)29-26(22)17(15)3)18-11-13-24-23(14-18)21-8-4-6-16(2)25(21)28-24/h4-15,17H,1-3H3. The quantitative estimate of drug-likeness (QED) is 0.295. The molecule has 0 N–H and O–H groups in total. The minimum Gasteiger partial charge on any atom is -0.459 e. The molecule has 1 aliphatic rings. The molecule has 5 aromatic rings. The summed E-state index contributed by atoms with van der Waals surface area (Å²) >= 11 is 0. The fourth-order valence-electron chi connectivity index (χ4n) is 4.65. The van der Waals surface area contributed by atoms with Crippen LogP contribution < -0.4 is 0 Å². The van der Waals surface area contributed by atoms with Crippen molar-refractivity contribution in [1.29, 1.82) is 0 Å². The molecular weight excluding hydrogens is 356 g/mol. The Morgan fingerprint density at radius 1 is 0.793 bits per heavy atom. The zero-order valence-electron chi connectivity index (χ0n) is 16.8. The van der Waals surface area contributed by atoms with E-state index < -0.39 is 0 Å². The molecule has 0 spiro atoms. The van der Waals surface area contributed by atoms with E-state index in [0.717, 1.165) is 50.0 Å². The van der Waals surface area contributed by atoms with E-state index in [2.05, 4.69) is 87.5 Å². The van der Waals surface area contributed by atoms with Crippen molar-refractivity contribution in [2.75, 3.05) is 0 Å². The summed E-state index contributed by atoms with van der Waals surface area (Å²) in [7, 11) is 0. The highest BCUT2D eigenvalue weighted by Crippen LogP contribution is 2.43. The summed E-state index contributed by atoms with van der Waals surface area (Å²) in [5.41, 5.74) is 7.56. The van der Waals surface area contributed by atoms with Crippen molar-refractivity contribution in [3.63, 3.8) is 0 Å². The molecule has 2 unspecified atom stereocenters. The SMILES string of the molecule is Cc1cccc2c1oc1ccc(-c3cccc4c5c(oc34)C(C)C(C)C=C5)cc12. The van der Waals surface area contributed by atoms with Gasteiger partial charge in [0.2, 0.25) is 0 Å². The van der Waals surface area contributed by atoms with Crippen LogP contribution in [0.2, 0.25) is 0 Å². The Labute approximate surface area is 169 Å². The lowest BCUT2D eigenvalue weighted by atomic mass is 9.86. The van der Waals surface area contributed by atoms with Gasteiger partial charge in [0.1, 0.15) is 22.5 Å². The van der Waals surface area contributed by atoms with Crippen molar-refractivity contribution in [3.8, 4) is 11.1 Å². The van der Waals surface area contributed by atoms with Crippen LogP contribution in [-0.4, -0.2) is 0 Å². The molecule has 0 fully saturated rings. The fraction of sp³-hybridized carbons (Fsp3) is 0.185. The Hall–Kier alpha value is -3.26. The summed E-state index contributed by atoms with van der Waals surface area (Å²) in [5.74, 6) is 1.98. The van der Waals surface area contributed by atoms with E-state index in [1.54, 1.807) is 0 Å². The van der Waals surface area contributed by atoms with Gasteiger partial charge in [0.05, 0.1) is 0 Å². The lowest BCUT2D eigenvalue weighted by Gasteiger charge is -2.19. The van der Waals surface area contributed by atoms with E-state index in [-0.39, 0.29) is 0 Å². The molecule has 0 amide bonds. The lowest BCUT2D eigenvalue weighted by Crippen LogP contribution is -2.07. The van der Waals surface area contributed by atoms with Gasteiger partial charge in [0.15, 0.2) is 0 Å². The van der Waals surface area contributed by atoms with E-state index in [4.69, 9.17) is 8.83 Å². The highest BCUT2D eigenvalue weighted by molar-refractivity contribution is 6.08. The van der Waals surface area contributed by atoms with Crippen molar-refractivity contribution in [1.82, 2.24) is 0 Å². The maximum atomic E-state index is 6.48. The molecule has 142 valence electrons. The number of hydrogen-bond acceptors (Lipinski definition) is 2. The van der Waals surface area contributed by atoms with E-state index in [0.29, 0.717) is 11.8 Å². The van der Waals surface area contributed by atoms with Gasteiger partial charge in [-0.2, -0.15) is 0 Å². The number of aryl methyl sites for hydroxylation is 1. The van der Waals surface area contributed by atoms with Gasteiger partial charge in [-0.05, 0) is 36.1 Å². The first-order valence-corrected chi connectivity index (χ1v) is 10.3. The Kier molecular flexibility index (Phi) is 3.37. The third-order valence-electron chi connectivity index (χ3n) is 6.56. The predicted octanol–water partition coefficient (Wildman–Crippen LogP) is 8.07. The Balaban J connectivity index is 1.61. The van der Waals surface area contributed by atoms with Gasteiger partial charge < -0.3 is 8.83 Å². The summed E-state index contributed by atoms with van der Waals surface area (Å²) in [5, 5.41) is 3.51. The third kappa shape index (κ3) is 2.29. The van der Waals surface area contributed by atoms with Crippen molar-refractivity contribution >= 4 is 39.0 Å². The first-order chi connectivity index (χ1) is 14.1. The Bertz CT molecular complexity index is 1440. The van der Waals surface area contributed by atoms with Crippen LogP contribution in [-0.2, 0) is 0 Å². The molecule has 2 heterocycles. The normalized spacial score (nSPS) is 18.7. The van der Waals surface area contributed by atoms with Gasteiger partial charge in [-0.25, -0.2) is 0 Å². The maximum Gasteiger partial charge on any atom is 0.142 e. The zero-order valence-corrected chi connectivity index (χ0v) is 16.8. The van der Waals surface area contributed by atoms with Crippen LogP contribution in [0.4, 0.5) is 0 Å². The maximum absolute atomic E-state index is 6.48. The minimum absolute atomic E-state index is 0.388. The first kappa shape index (κ1) is 16.7. The molecule has 0 radical (unpaired) electrons. The topological polar surface area (TPSA) is 26.3 Å². The molecule has 6 rings (SSSR count). The molecule has 2 aromatic heterocycles. The van der Waals surface area contributed by atoms with Crippen molar-refractivity contribution in [2.45, 2.75) is 26.7 Å². The molecule has 2 heteroatoms. The van der Waals surface area contributed by atoms with Crippen LogP contribution in [0.3, 0.4) is 0 Å². The number of para-hydroxylation sites is 2. The monoisotopic (exact) mass is 378 g/mol. The highest BCUT2D eigenvalue weighted by atomic mass is 16.3. The molecule has 29 heavy (non-hydrogen) atoms. The van der Waals surface area contributed by atoms with Crippen LogP contribution in [0, 0.1) is 12.8 Å². The second-order valence-electron chi connectivity index (χ2n) is 8.33. The van der Waals surface area contributed by atoms with Crippen molar-refractivity contribution in [2.24, 2.45) is 5.92 Å². The summed E-state index contributed by atoms with van der Waals surface area (Å²) in [6, 6.07) is 19.2. The second kappa shape index (κ2) is 5.87. The molecule has 3 aromatic carbocycles. The summed E-state index contributed by atoms with van der Waals surface area (Å²) in [6.45, 7) is 6.59. The molecular formula is C27H22O2. The van der Waals surface area contributed by atoms with E-state index in [1.807, 2.05) is 0 Å². The fourth-order valence-corrected chi connectivity index (χ4v) is 4.65. The van der Waals surface area contributed by atoms with Gasteiger partial charge in [0.25, 0.3) is 0 Å². The number of fused-ring (bicyclic) bond motifs is 6. The predicted molar refractivity (Wildman–Crippen MR) is 120 cm³/mol. The molecule has 1 aliphatic carbocycles.